The molecule has 0 aliphatic heterocycles. The van der Waals surface area contributed by atoms with Crippen molar-refractivity contribution in [2.45, 2.75) is 51.0 Å². The molecule has 0 aromatic rings. The Morgan fingerprint density at radius 2 is 1.93 bits per heavy atom. The zero-order chi connectivity index (χ0) is 10.2. The number of hydrazine groups is 1. The van der Waals surface area contributed by atoms with Gasteiger partial charge < -0.3 is 0 Å². The Hall–Kier alpha value is -0.340. The molecular weight excluding hydrogens is 172 g/mol. The Morgan fingerprint density at radius 1 is 1.29 bits per heavy atom. The molecule has 0 radical (unpaired) electrons. The van der Waals surface area contributed by atoms with Crippen LogP contribution in [0.4, 0.5) is 0 Å². The van der Waals surface area contributed by atoms with Crippen molar-refractivity contribution in [1.82, 2.24) is 10.9 Å². The third-order valence-corrected chi connectivity index (χ3v) is 4.41. The molecule has 2 rings (SSSR count). The van der Waals surface area contributed by atoms with Crippen LogP contribution >= 0.6 is 0 Å². The van der Waals surface area contributed by atoms with E-state index in [2.05, 4.69) is 24.4 Å². The van der Waals surface area contributed by atoms with Gasteiger partial charge >= 0.3 is 0 Å². The van der Waals surface area contributed by atoms with Gasteiger partial charge in [-0.15, -0.1) is 0 Å². The molecule has 2 nitrogen and oxygen atoms in total. The summed E-state index contributed by atoms with van der Waals surface area (Å²) in [5, 5.41) is 0. The van der Waals surface area contributed by atoms with Crippen molar-refractivity contribution in [2.75, 3.05) is 7.05 Å². The maximum Gasteiger partial charge on any atom is 0.0332 e. The Balaban J connectivity index is 2.12. The van der Waals surface area contributed by atoms with Gasteiger partial charge in [0.05, 0.1) is 0 Å². The third-order valence-electron chi connectivity index (χ3n) is 4.41. The predicted molar refractivity (Wildman–Crippen MR) is 59.9 cm³/mol. The maximum atomic E-state index is 4.27. The third kappa shape index (κ3) is 1.32. The molecule has 0 amide bonds. The molecule has 0 heterocycles. The number of rotatable bonds is 4. The lowest BCUT2D eigenvalue weighted by Crippen LogP contribution is -2.47. The first-order chi connectivity index (χ1) is 6.66. The summed E-state index contributed by atoms with van der Waals surface area (Å²) < 4.78 is 0. The van der Waals surface area contributed by atoms with Crippen LogP contribution in [-0.4, -0.2) is 12.6 Å². The molecule has 80 valence electrons. The van der Waals surface area contributed by atoms with Gasteiger partial charge in [0.2, 0.25) is 0 Å². The second kappa shape index (κ2) is 3.35. The van der Waals surface area contributed by atoms with Crippen LogP contribution in [0.25, 0.3) is 0 Å². The highest BCUT2D eigenvalue weighted by Gasteiger charge is 2.54. The number of fused-ring (bicyclic) bond motifs is 2. The van der Waals surface area contributed by atoms with E-state index < -0.39 is 0 Å². The molecule has 0 saturated heterocycles. The SMILES string of the molecule is C=C(CC)C12CCC(NNC)(CC1)C2. The molecular formula is C12H22N2. The van der Waals surface area contributed by atoms with E-state index in [0.717, 1.165) is 6.42 Å². The Kier molecular flexibility index (Phi) is 2.44. The highest BCUT2D eigenvalue weighted by atomic mass is 15.4. The van der Waals surface area contributed by atoms with Crippen LogP contribution in [0.2, 0.25) is 0 Å². The molecule has 2 heteroatoms. The maximum absolute atomic E-state index is 4.27. The summed E-state index contributed by atoms with van der Waals surface area (Å²) in [6.45, 7) is 6.50. The minimum atomic E-state index is 0.382. The van der Waals surface area contributed by atoms with Crippen LogP contribution < -0.4 is 10.9 Å². The topological polar surface area (TPSA) is 24.1 Å². The molecule has 0 unspecified atom stereocenters. The van der Waals surface area contributed by atoms with Gasteiger partial charge in [-0.3, -0.25) is 10.9 Å². The van der Waals surface area contributed by atoms with Crippen molar-refractivity contribution < 1.29 is 0 Å². The molecule has 0 atom stereocenters. The lowest BCUT2D eigenvalue weighted by atomic mass is 9.77. The van der Waals surface area contributed by atoms with Gasteiger partial charge in [-0.25, -0.2) is 0 Å². The standard InChI is InChI=1S/C12H22N2/c1-4-10(2)11-5-7-12(9-11,8-6-11)14-13-3/h13-14H,2,4-9H2,1,3H3. The van der Waals surface area contributed by atoms with E-state index in [4.69, 9.17) is 0 Å². The number of hydrogen-bond acceptors (Lipinski definition) is 2. The highest BCUT2D eigenvalue weighted by molar-refractivity contribution is 5.22. The van der Waals surface area contributed by atoms with E-state index in [9.17, 15) is 0 Å². The first-order valence-corrected chi connectivity index (χ1v) is 5.79. The van der Waals surface area contributed by atoms with Gasteiger partial charge in [-0.1, -0.05) is 19.1 Å². The van der Waals surface area contributed by atoms with Gasteiger partial charge in [0.25, 0.3) is 0 Å². The van der Waals surface area contributed by atoms with Crippen LogP contribution in [0.3, 0.4) is 0 Å². The van der Waals surface area contributed by atoms with Gasteiger partial charge in [0.1, 0.15) is 0 Å². The largest absolute Gasteiger partial charge is 0.260 e. The van der Waals surface area contributed by atoms with Crippen molar-refractivity contribution in [3.05, 3.63) is 12.2 Å². The molecule has 2 N–H and O–H groups in total. The number of allylic oxidation sites excluding steroid dienone is 1. The molecule has 2 fully saturated rings. The monoisotopic (exact) mass is 194 g/mol. The molecule has 2 aliphatic rings. The van der Waals surface area contributed by atoms with Crippen LogP contribution in [-0.2, 0) is 0 Å². The minimum absolute atomic E-state index is 0.382. The molecule has 0 aromatic heterocycles. The van der Waals surface area contributed by atoms with E-state index in [-0.39, 0.29) is 0 Å². The Bertz CT molecular complexity index is 237. The summed E-state index contributed by atoms with van der Waals surface area (Å²) in [5.41, 5.74) is 8.93. The number of hydrogen-bond donors (Lipinski definition) is 2. The van der Waals surface area contributed by atoms with Crippen LogP contribution in [0, 0.1) is 5.41 Å². The van der Waals surface area contributed by atoms with E-state index in [0.29, 0.717) is 11.0 Å². The zero-order valence-electron chi connectivity index (χ0n) is 9.45. The molecule has 14 heavy (non-hydrogen) atoms. The Morgan fingerprint density at radius 3 is 2.43 bits per heavy atom. The van der Waals surface area contributed by atoms with Crippen LogP contribution in [0.15, 0.2) is 12.2 Å². The van der Waals surface area contributed by atoms with Crippen molar-refractivity contribution in [1.29, 1.82) is 0 Å². The average Bonchev–Trinajstić information content (AvgIpc) is 2.74. The Labute approximate surface area is 87.1 Å². The molecule has 2 aliphatic carbocycles. The second-order valence-electron chi connectivity index (χ2n) is 5.07. The second-order valence-corrected chi connectivity index (χ2v) is 5.07. The van der Waals surface area contributed by atoms with Crippen molar-refractivity contribution in [2.24, 2.45) is 5.41 Å². The fourth-order valence-electron chi connectivity index (χ4n) is 3.50. The molecule has 0 spiro atoms. The van der Waals surface area contributed by atoms with Crippen LogP contribution in [0.5, 0.6) is 0 Å². The van der Waals surface area contributed by atoms with Crippen molar-refractivity contribution in [3.8, 4) is 0 Å². The van der Waals surface area contributed by atoms with Gasteiger partial charge in [-0.2, -0.15) is 0 Å². The van der Waals surface area contributed by atoms with Crippen molar-refractivity contribution >= 4 is 0 Å². The molecule has 2 saturated carbocycles. The predicted octanol–water partition coefficient (Wildman–Crippen LogP) is 2.38. The molecule has 0 aromatic carbocycles. The van der Waals surface area contributed by atoms with E-state index >= 15 is 0 Å². The van der Waals surface area contributed by atoms with E-state index in [1.807, 2.05) is 7.05 Å². The lowest BCUT2D eigenvalue weighted by molar-refractivity contribution is 0.291. The minimum Gasteiger partial charge on any atom is -0.260 e. The van der Waals surface area contributed by atoms with Gasteiger partial charge in [0.15, 0.2) is 0 Å². The van der Waals surface area contributed by atoms with Gasteiger partial charge in [0, 0.05) is 5.54 Å². The summed E-state index contributed by atoms with van der Waals surface area (Å²) in [7, 11) is 1.97. The fraction of sp³-hybridized carbons (Fsp3) is 0.833. The summed E-state index contributed by atoms with van der Waals surface area (Å²) in [6, 6.07) is 0. The highest BCUT2D eigenvalue weighted by Crippen LogP contribution is 2.59. The van der Waals surface area contributed by atoms with E-state index in [1.54, 1.807) is 0 Å². The summed E-state index contributed by atoms with van der Waals surface area (Å²) in [5.74, 6) is 0. The van der Waals surface area contributed by atoms with E-state index in [1.165, 1.54) is 37.7 Å². The smallest absolute Gasteiger partial charge is 0.0332 e. The van der Waals surface area contributed by atoms with Gasteiger partial charge in [-0.05, 0) is 51.0 Å². The average molecular weight is 194 g/mol. The first-order valence-electron chi connectivity index (χ1n) is 5.79. The summed E-state index contributed by atoms with van der Waals surface area (Å²) >= 11 is 0. The first kappa shape index (κ1) is 10.2. The normalized spacial score (nSPS) is 40.4. The quantitative estimate of drug-likeness (QED) is 0.530. The molecule has 2 bridgehead atoms. The lowest BCUT2D eigenvalue weighted by Gasteiger charge is -2.29. The number of nitrogens with one attached hydrogen (secondary N) is 2. The zero-order valence-corrected chi connectivity index (χ0v) is 9.45. The summed E-state index contributed by atoms with van der Waals surface area (Å²) in [4.78, 5) is 0. The summed E-state index contributed by atoms with van der Waals surface area (Å²) in [6.07, 6.45) is 7.76. The van der Waals surface area contributed by atoms with Crippen molar-refractivity contribution in [3.63, 3.8) is 0 Å². The van der Waals surface area contributed by atoms with Crippen LogP contribution in [0.1, 0.15) is 45.4 Å². The fourth-order valence-corrected chi connectivity index (χ4v) is 3.50.